The van der Waals surface area contributed by atoms with Gasteiger partial charge in [-0.1, -0.05) is 24.3 Å². The van der Waals surface area contributed by atoms with Crippen LogP contribution < -0.4 is 9.47 Å². The number of rotatable bonds is 0. The first kappa shape index (κ1) is 14.1. The van der Waals surface area contributed by atoms with Crippen molar-refractivity contribution in [3.8, 4) is 11.5 Å². The largest absolute Gasteiger partial charge is 0.455 e. The van der Waals surface area contributed by atoms with Gasteiger partial charge in [0.25, 0.3) is 0 Å². The second-order valence-corrected chi connectivity index (χ2v) is 4.73. The van der Waals surface area contributed by atoms with E-state index in [1.807, 2.05) is 55.5 Å². The van der Waals surface area contributed by atoms with Crippen LogP contribution in [0.25, 0.3) is 0 Å². The summed E-state index contributed by atoms with van der Waals surface area (Å²) in [4.78, 5) is 8.44. The summed E-state index contributed by atoms with van der Waals surface area (Å²) in [6, 6.07) is 15.4. The summed E-state index contributed by atoms with van der Waals surface area (Å²) in [5, 5.41) is 0. The van der Waals surface area contributed by atoms with Crippen molar-refractivity contribution in [2.24, 2.45) is 9.98 Å². The lowest BCUT2D eigenvalue weighted by molar-refractivity contribution is 0.0221. The number of hydrogen-bond donors (Lipinski definition) is 0. The van der Waals surface area contributed by atoms with Crippen LogP contribution in [0.15, 0.2) is 70.9 Å². The van der Waals surface area contributed by atoms with Gasteiger partial charge in [-0.15, -0.1) is 0 Å². The van der Waals surface area contributed by atoms with E-state index in [1.54, 1.807) is 24.8 Å². The predicted octanol–water partition coefficient (Wildman–Crippen LogP) is 3.81. The third-order valence-electron chi connectivity index (χ3n) is 3.09. The van der Waals surface area contributed by atoms with E-state index in [2.05, 4.69) is 9.98 Å². The molecular weight excluding hydrogens is 276 g/mol. The van der Waals surface area contributed by atoms with Crippen LogP contribution in [0.1, 0.15) is 18.1 Å². The maximum Gasteiger partial charge on any atom is 0.238 e. The van der Waals surface area contributed by atoms with E-state index in [4.69, 9.17) is 9.47 Å². The van der Waals surface area contributed by atoms with Crippen LogP contribution in [0.3, 0.4) is 0 Å². The van der Waals surface area contributed by atoms with Crippen LogP contribution in [0.2, 0.25) is 0 Å². The molecule has 1 aliphatic rings. The molecule has 22 heavy (non-hydrogen) atoms. The van der Waals surface area contributed by atoms with Gasteiger partial charge in [0.1, 0.15) is 11.5 Å². The average molecular weight is 292 g/mol. The smallest absolute Gasteiger partial charge is 0.238 e. The Morgan fingerprint density at radius 2 is 1.18 bits per heavy atom. The lowest BCUT2D eigenvalue weighted by Crippen LogP contribution is -2.20. The van der Waals surface area contributed by atoms with E-state index in [0.717, 1.165) is 22.6 Å². The van der Waals surface area contributed by atoms with E-state index >= 15 is 0 Å². The van der Waals surface area contributed by atoms with E-state index < -0.39 is 6.29 Å². The second-order valence-electron chi connectivity index (χ2n) is 4.73. The molecule has 0 N–H and O–H groups in total. The molecule has 2 aromatic carbocycles. The highest BCUT2D eigenvalue weighted by molar-refractivity contribution is 5.85. The lowest BCUT2D eigenvalue weighted by atomic mass is 10.2. The quantitative estimate of drug-likeness (QED) is 0.741. The number of nitrogens with zero attached hydrogens (tertiary/aromatic N) is 2. The predicted molar refractivity (Wildman–Crippen MR) is 87.9 cm³/mol. The van der Waals surface area contributed by atoms with Crippen molar-refractivity contribution in [1.29, 1.82) is 0 Å². The zero-order valence-corrected chi connectivity index (χ0v) is 12.2. The van der Waals surface area contributed by atoms with Crippen molar-refractivity contribution in [2.75, 3.05) is 0 Å². The van der Waals surface area contributed by atoms with E-state index in [-0.39, 0.29) is 0 Å². The van der Waals surface area contributed by atoms with Crippen LogP contribution >= 0.6 is 0 Å². The highest BCUT2D eigenvalue weighted by atomic mass is 16.7. The molecule has 0 aromatic heterocycles. The Labute approximate surface area is 129 Å². The first-order valence-electron chi connectivity index (χ1n) is 7.06. The summed E-state index contributed by atoms with van der Waals surface area (Å²) in [7, 11) is 0. The monoisotopic (exact) mass is 292 g/mol. The summed E-state index contributed by atoms with van der Waals surface area (Å²) in [6.07, 6.45) is 6.31. The molecule has 4 heteroatoms. The molecule has 0 bridgehead atoms. The van der Waals surface area contributed by atoms with Crippen molar-refractivity contribution in [2.45, 2.75) is 13.2 Å². The molecule has 110 valence electrons. The number of ether oxygens (including phenoxy) is 2. The molecule has 1 heterocycles. The molecule has 0 radical (unpaired) electrons. The summed E-state index contributed by atoms with van der Waals surface area (Å²) in [5.41, 5.74) is 1.78. The van der Waals surface area contributed by atoms with Gasteiger partial charge in [0.15, 0.2) is 0 Å². The molecule has 0 aliphatic carbocycles. The van der Waals surface area contributed by atoms with Gasteiger partial charge >= 0.3 is 0 Å². The molecule has 1 aliphatic heterocycles. The zero-order valence-electron chi connectivity index (χ0n) is 12.2. The van der Waals surface area contributed by atoms with Crippen molar-refractivity contribution < 1.29 is 9.47 Å². The molecule has 0 atom stereocenters. The Balaban J connectivity index is 1.98. The molecule has 0 saturated carbocycles. The van der Waals surface area contributed by atoms with Gasteiger partial charge in [-0.2, -0.15) is 0 Å². The summed E-state index contributed by atoms with van der Waals surface area (Å²) in [5.74, 6) is 1.45. The third kappa shape index (κ3) is 3.41. The van der Waals surface area contributed by atoms with E-state index in [1.165, 1.54) is 0 Å². The SMILES string of the molecule is CC1Oc2ccccc2/C=N/C=C\N=C\c2ccccc2O1. The van der Waals surface area contributed by atoms with Crippen molar-refractivity contribution in [3.63, 3.8) is 0 Å². The average Bonchev–Trinajstić information content (AvgIpc) is 2.54. The molecule has 0 fully saturated rings. The van der Waals surface area contributed by atoms with E-state index in [9.17, 15) is 0 Å². The number of benzene rings is 2. The Morgan fingerprint density at radius 3 is 1.68 bits per heavy atom. The number of fused-ring (bicyclic) bond motifs is 2. The fraction of sp³-hybridized carbons (Fsp3) is 0.111. The van der Waals surface area contributed by atoms with Crippen molar-refractivity contribution in [1.82, 2.24) is 0 Å². The minimum Gasteiger partial charge on any atom is -0.455 e. The molecule has 0 saturated heterocycles. The van der Waals surface area contributed by atoms with Gasteiger partial charge in [-0.05, 0) is 24.3 Å². The van der Waals surface area contributed by atoms with Gasteiger partial charge in [0.05, 0.1) is 0 Å². The van der Waals surface area contributed by atoms with Crippen molar-refractivity contribution in [3.05, 3.63) is 72.1 Å². The molecule has 3 rings (SSSR count). The maximum atomic E-state index is 5.88. The highest BCUT2D eigenvalue weighted by Crippen LogP contribution is 2.22. The molecule has 2 aromatic rings. The number of aliphatic imine (C=N–C) groups is 2. The number of para-hydroxylation sites is 2. The van der Waals surface area contributed by atoms with Crippen molar-refractivity contribution >= 4 is 12.4 Å². The van der Waals surface area contributed by atoms with E-state index in [0.29, 0.717) is 0 Å². The fourth-order valence-corrected chi connectivity index (χ4v) is 2.09. The lowest BCUT2D eigenvalue weighted by Gasteiger charge is -2.18. The Hall–Kier alpha value is -2.88. The second kappa shape index (κ2) is 6.72. The van der Waals surface area contributed by atoms with Gasteiger partial charge in [-0.3, -0.25) is 9.98 Å². The molecular formula is C18H16N2O2. The van der Waals surface area contributed by atoms with Gasteiger partial charge in [0.2, 0.25) is 6.29 Å². The summed E-state index contributed by atoms with van der Waals surface area (Å²) < 4.78 is 11.8. The van der Waals surface area contributed by atoms with Gasteiger partial charge in [-0.25, -0.2) is 0 Å². The normalized spacial score (nSPS) is 19.0. The van der Waals surface area contributed by atoms with Crippen LogP contribution in [-0.2, 0) is 0 Å². The molecule has 4 nitrogen and oxygen atoms in total. The number of hydrogen-bond acceptors (Lipinski definition) is 4. The molecule has 0 unspecified atom stereocenters. The third-order valence-corrected chi connectivity index (χ3v) is 3.09. The Bertz CT molecular complexity index is 674. The molecule has 0 spiro atoms. The molecule has 0 amide bonds. The van der Waals surface area contributed by atoms with Crippen LogP contribution in [0.4, 0.5) is 0 Å². The Kier molecular flexibility index (Phi) is 4.30. The Morgan fingerprint density at radius 1 is 0.727 bits per heavy atom. The first-order valence-corrected chi connectivity index (χ1v) is 7.06. The highest BCUT2D eigenvalue weighted by Gasteiger charge is 2.10. The standard InChI is InChI=1S/C18H16N2O2/c1-14-21-17-8-4-2-6-15(17)12-19-10-11-20-13-16-7-3-5-9-18(16)22-14/h2-14H,1H3/b11-10-,19-12+,20-13+. The maximum absolute atomic E-state index is 5.88. The summed E-state index contributed by atoms with van der Waals surface area (Å²) in [6.45, 7) is 1.86. The van der Waals surface area contributed by atoms with Crippen LogP contribution in [-0.4, -0.2) is 18.7 Å². The van der Waals surface area contributed by atoms with Gasteiger partial charge in [0, 0.05) is 42.9 Å². The van der Waals surface area contributed by atoms with Crippen LogP contribution in [0, 0.1) is 0 Å². The minimum absolute atomic E-state index is 0.433. The minimum atomic E-state index is -0.433. The van der Waals surface area contributed by atoms with Gasteiger partial charge < -0.3 is 9.47 Å². The zero-order chi connectivity index (χ0) is 15.2. The summed E-state index contributed by atoms with van der Waals surface area (Å²) >= 11 is 0. The first-order chi connectivity index (χ1) is 10.8. The van der Waals surface area contributed by atoms with Crippen LogP contribution in [0.5, 0.6) is 11.5 Å². The fourth-order valence-electron chi connectivity index (χ4n) is 2.09. The topological polar surface area (TPSA) is 43.2 Å².